The van der Waals surface area contributed by atoms with Crippen LogP contribution in [0.4, 0.5) is 0 Å². The molecule has 0 radical (unpaired) electrons. The van der Waals surface area contributed by atoms with Gasteiger partial charge in [0.05, 0.1) is 10.0 Å². The van der Waals surface area contributed by atoms with Crippen LogP contribution >= 0.6 is 23.2 Å². The third-order valence-electron chi connectivity index (χ3n) is 5.20. The lowest BCUT2D eigenvalue weighted by atomic mass is 9.99. The van der Waals surface area contributed by atoms with E-state index in [-0.39, 0.29) is 5.91 Å². The zero-order valence-corrected chi connectivity index (χ0v) is 16.9. The fraction of sp³-hybridized carbons (Fsp3) is 0.273. The van der Waals surface area contributed by atoms with Crippen molar-refractivity contribution < 1.29 is 4.79 Å². The number of nitrogens with one attached hydrogen (secondary N) is 1. The third kappa shape index (κ3) is 4.08. The van der Waals surface area contributed by atoms with Crippen LogP contribution in [0, 0.1) is 0 Å². The van der Waals surface area contributed by atoms with E-state index in [9.17, 15) is 4.79 Å². The van der Waals surface area contributed by atoms with Gasteiger partial charge in [0.1, 0.15) is 5.65 Å². The van der Waals surface area contributed by atoms with Crippen LogP contribution in [0.2, 0.25) is 10.0 Å². The Morgan fingerprint density at radius 1 is 1.21 bits per heavy atom. The predicted octanol–water partition coefficient (Wildman–Crippen LogP) is 5.51. The number of aryl methyl sites for hydroxylation is 1. The molecular weight excluding hydrogens is 393 g/mol. The second-order valence-electron chi connectivity index (χ2n) is 7.02. The summed E-state index contributed by atoms with van der Waals surface area (Å²) in [5.41, 5.74) is 4.48. The van der Waals surface area contributed by atoms with Crippen LogP contribution in [0.1, 0.15) is 30.4 Å². The Labute approximate surface area is 174 Å². The van der Waals surface area contributed by atoms with Crippen molar-refractivity contribution in [2.75, 3.05) is 13.1 Å². The number of carbonyl (C=O) groups is 1. The number of rotatable bonds is 5. The molecule has 0 atom stereocenters. The molecule has 3 aromatic rings. The summed E-state index contributed by atoms with van der Waals surface area (Å²) in [6.45, 7) is 1.41. The van der Waals surface area contributed by atoms with E-state index in [1.165, 1.54) is 11.1 Å². The number of aromatic amines is 1. The Kier molecular flexibility index (Phi) is 5.69. The number of halogens is 2. The zero-order chi connectivity index (χ0) is 19.5. The molecule has 0 aliphatic carbocycles. The summed E-state index contributed by atoms with van der Waals surface area (Å²) in [4.78, 5) is 22.1. The van der Waals surface area contributed by atoms with Crippen molar-refractivity contribution in [2.45, 2.75) is 25.7 Å². The quantitative estimate of drug-likeness (QED) is 0.599. The van der Waals surface area contributed by atoms with Crippen molar-refractivity contribution in [1.29, 1.82) is 0 Å². The van der Waals surface area contributed by atoms with Gasteiger partial charge in [-0.05, 0) is 54.7 Å². The summed E-state index contributed by atoms with van der Waals surface area (Å²) < 4.78 is 0. The molecular formula is C22H21Cl2N3O. The molecule has 28 heavy (non-hydrogen) atoms. The van der Waals surface area contributed by atoms with E-state index in [1.807, 2.05) is 29.3 Å². The molecule has 2 aromatic heterocycles. The number of nitrogens with zero attached hydrogens (tertiary/aromatic N) is 2. The smallest absolute Gasteiger partial charge is 0.222 e. The summed E-state index contributed by atoms with van der Waals surface area (Å²) in [7, 11) is 0. The van der Waals surface area contributed by atoms with Crippen LogP contribution in [0.3, 0.4) is 0 Å². The number of H-pyrrole nitrogens is 1. The largest absolute Gasteiger partial charge is 0.346 e. The lowest BCUT2D eigenvalue weighted by Gasteiger charge is -2.26. The van der Waals surface area contributed by atoms with Crippen LogP contribution < -0.4 is 0 Å². The number of hydrogen-bond acceptors (Lipinski definition) is 2. The van der Waals surface area contributed by atoms with Gasteiger partial charge in [-0.1, -0.05) is 35.3 Å². The molecule has 6 heteroatoms. The van der Waals surface area contributed by atoms with Crippen molar-refractivity contribution >= 4 is 45.7 Å². The summed E-state index contributed by atoms with van der Waals surface area (Å²) in [6.07, 6.45) is 8.99. The first-order valence-electron chi connectivity index (χ1n) is 9.45. The molecule has 3 heterocycles. The molecule has 4 rings (SSSR count). The number of pyridine rings is 1. The Morgan fingerprint density at radius 3 is 2.89 bits per heavy atom. The minimum atomic E-state index is 0.205. The second kappa shape index (κ2) is 8.38. The van der Waals surface area contributed by atoms with Gasteiger partial charge in [-0.25, -0.2) is 4.98 Å². The number of benzene rings is 1. The van der Waals surface area contributed by atoms with Crippen LogP contribution in [0.15, 0.2) is 48.8 Å². The van der Waals surface area contributed by atoms with E-state index in [2.05, 4.69) is 22.1 Å². The van der Waals surface area contributed by atoms with Gasteiger partial charge in [0.25, 0.3) is 0 Å². The molecule has 0 saturated carbocycles. The molecule has 0 unspecified atom stereocenters. The van der Waals surface area contributed by atoms with Crippen LogP contribution in [0.25, 0.3) is 16.6 Å². The normalized spacial score (nSPS) is 14.4. The molecule has 1 aromatic carbocycles. The number of amides is 1. The monoisotopic (exact) mass is 413 g/mol. The number of hydrogen-bond donors (Lipinski definition) is 1. The Bertz CT molecular complexity index is 1040. The summed E-state index contributed by atoms with van der Waals surface area (Å²) in [5.74, 6) is 0.205. The summed E-state index contributed by atoms with van der Waals surface area (Å²) in [6, 6.07) is 9.67. The first-order valence-corrected chi connectivity index (χ1v) is 10.2. The number of aromatic nitrogens is 2. The fourth-order valence-electron chi connectivity index (χ4n) is 3.66. The van der Waals surface area contributed by atoms with Crippen LogP contribution in [0.5, 0.6) is 0 Å². The highest BCUT2D eigenvalue weighted by Gasteiger charge is 2.19. The Morgan fingerprint density at radius 2 is 2.11 bits per heavy atom. The van der Waals surface area contributed by atoms with Gasteiger partial charge in [-0.2, -0.15) is 0 Å². The van der Waals surface area contributed by atoms with Crippen molar-refractivity contribution in [3.63, 3.8) is 0 Å². The Hall–Kier alpha value is -2.30. The van der Waals surface area contributed by atoms with Crippen LogP contribution in [-0.2, 0) is 11.2 Å². The SMILES string of the molecule is O=C(CCCc1ccc(Cl)c(Cl)c1)N1CC=C(c2c[nH]c3ncccc23)CC1. The van der Waals surface area contributed by atoms with Crippen molar-refractivity contribution in [2.24, 2.45) is 0 Å². The minimum Gasteiger partial charge on any atom is -0.346 e. The lowest BCUT2D eigenvalue weighted by Crippen LogP contribution is -2.34. The first-order chi connectivity index (χ1) is 13.6. The van der Waals surface area contributed by atoms with Gasteiger partial charge in [0.2, 0.25) is 5.91 Å². The average molecular weight is 414 g/mol. The molecule has 0 bridgehead atoms. The van der Waals surface area contributed by atoms with E-state index in [4.69, 9.17) is 23.2 Å². The van der Waals surface area contributed by atoms with E-state index in [0.717, 1.165) is 42.4 Å². The molecule has 0 saturated heterocycles. The van der Waals surface area contributed by atoms with Crippen molar-refractivity contribution in [1.82, 2.24) is 14.9 Å². The highest BCUT2D eigenvalue weighted by atomic mass is 35.5. The second-order valence-corrected chi connectivity index (χ2v) is 7.84. The maximum atomic E-state index is 12.5. The maximum absolute atomic E-state index is 12.5. The third-order valence-corrected chi connectivity index (χ3v) is 5.94. The molecule has 0 fully saturated rings. The van der Waals surface area contributed by atoms with Gasteiger partial charge < -0.3 is 9.88 Å². The first kappa shape index (κ1) is 19.0. The molecule has 0 spiro atoms. The molecule has 1 N–H and O–H groups in total. The van der Waals surface area contributed by atoms with Gasteiger partial charge in [-0.15, -0.1) is 0 Å². The average Bonchev–Trinajstić information content (AvgIpc) is 3.15. The topological polar surface area (TPSA) is 49.0 Å². The van der Waals surface area contributed by atoms with E-state index in [0.29, 0.717) is 23.0 Å². The standard InChI is InChI=1S/C22H21Cl2N3O/c23-19-7-6-15(13-20(19)24)3-1-5-21(28)27-11-8-16(9-12-27)18-14-26-22-17(18)4-2-10-25-22/h2,4,6-8,10,13-14H,1,3,5,9,11-12H2,(H,25,26). The van der Waals surface area contributed by atoms with Gasteiger partial charge in [0, 0.05) is 42.9 Å². The van der Waals surface area contributed by atoms with Crippen LogP contribution in [-0.4, -0.2) is 33.9 Å². The molecule has 4 nitrogen and oxygen atoms in total. The summed E-state index contributed by atoms with van der Waals surface area (Å²) in [5, 5.41) is 2.25. The minimum absolute atomic E-state index is 0.205. The number of fused-ring (bicyclic) bond motifs is 1. The molecule has 1 aliphatic heterocycles. The molecule has 1 aliphatic rings. The Balaban J connectivity index is 1.32. The summed E-state index contributed by atoms with van der Waals surface area (Å²) >= 11 is 12.0. The van der Waals surface area contributed by atoms with Gasteiger partial charge in [0.15, 0.2) is 0 Å². The van der Waals surface area contributed by atoms with Crippen molar-refractivity contribution in [3.8, 4) is 0 Å². The van der Waals surface area contributed by atoms with Crippen molar-refractivity contribution in [3.05, 3.63) is 70.0 Å². The highest BCUT2D eigenvalue weighted by Crippen LogP contribution is 2.28. The van der Waals surface area contributed by atoms with E-state index < -0.39 is 0 Å². The zero-order valence-electron chi connectivity index (χ0n) is 15.4. The lowest BCUT2D eigenvalue weighted by molar-refractivity contribution is -0.130. The molecule has 1 amide bonds. The predicted molar refractivity (Wildman–Crippen MR) is 115 cm³/mol. The van der Waals surface area contributed by atoms with Gasteiger partial charge >= 0.3 is 0 Å². The fourth-order valence-corrected chi connectivity index (χ4v) is 3.98. The van der Waals surface area contributed by atoms with Gasteiger partial charge in [-0.3, -0.25) is 4.79 Å². The van der Waals surface area contributed by atoms with E-state index in [1.54, 1.807) is 12.3 Å². The van der Waals surface area contributed by atoms with E-state index >= 15 is 0 Å². The maximum Gasteiger partial charge on any atom is 0.222 e. The highest BCUT2D eigenvalue weighted by molar-refractivity contribution is 6.42. The number of carbonyl (C=O) groups excluding carboxylic acids is 1. The molecule has 144 valence electrons.